The molecule has 5 nitrogen and oxygen atoms in total. The third-order valence-corrected chi connectivity index (χ3v) is 3.90. The average Bonchev–Trinajstić information content (AvgIpc) is 2.62. The summed E-state index contributed by atoms with van der Waals surface area (Å²) in [7, 11) is 1.72. The maximum absolute atomic E-state index is 13.2. The highest BCUT2D eigenvalue weighted by Crippen LogP contribution is 2.20. The van der Waals surface area contributed by atoms with Gasteiger partial charge in [-0.25, -0.2) is 4.39 Å². The van der Waals surface area contributed by atoms with Crippen LogP contribution in [0.15, 0.2) is 36.5 Å². The summed E-state index contributed by atoms with van der Waals surface area (Å²) < 4.78 is 13.2. The van der Waals surface area contributed by atoms with Gasteiger partial charge in [0.25, 0.3) is 11.8 Å². The fraction of sp³-hybridized carbons (Fsp3) is 0.278. The van der Waals surface area contributed by atoms with Crippen LogP contribution in [0.5, 0.6) is 0 Å². The van der Waals surface area contributed by atoms with E-state index in [-0.39, 0.29) is 16.6 Å². The van der Waals surface area contributed by atoms with Gasteiger partial charge in [-0.15, -0.1) is 0 Å². The van der Waals surface area contributed by atoms with E-state index in [4.69, 9.17) is 11.6 Å². The number of carbonyl (C=O) groups excluding carboxylic acids is 2. The van der Waals surface area contributed by atoms with Crippen molar-refractivity contribution in [2.45, 2.75) is 19.8 Å². The van der Waals surface area contributed by atoms with Crippen molar-refractivity contribution in [1.29, 1.82) is 0 Å². The Bertz CT molecular complexity index is 783. The molecule has 0 unspecified atom stereocenters. The standard InChI is InChI=1S/C18H19ClFN3O2/c1-3-4-9-23(2)18(25)12-7-8-21-16(10-12)17(24)22-13-5-6-15(20)14(19)11-13/h5-8,10-11H,3-4,9H2,1-2H3,(H,22,24). The molecule has 2 rings (SSSR count). The minimum absolute atomic E-state index is 0.0905. The van der Waals surface area contributed by atoms with Gasteiger partial charge < -0.3 is 10.2 Å². The van der Waals surface area contributed by atoms with Crippen LogP contribution in [0, 0.1) is 5.82 Å². The van der Waals surface area contributed by atoms with Crippen molar-refractivity contribution >= 4 is 29.1 Å². The van der Waals surface area contributed by atoms with Crippen molar-refractivity contribution in [3.05, 3.63) is 58.6 Å². The molecule has 0 bridgehead atoms. The predicted octanol–water partition coefficient (Wildman–Crippen LogP) is 4.00. The molecule has 0 radical (unpaired) electrons. The van der Waals surface area contributed by atoms with Crippen LogP contribution in [-0.4, -0.2) is 35.3 Å². The van der Waals surface area contributed by atoms with Crippen molar-refractivity contribution in [3.63, 3.8) is 0 Å². The van der Waals surface area contributed by atoms with Gasteiger partial charge in [-0.05, 0) is 36.8 Å². The van der Waals surface area contributed by atoms with Gasteiger partial charge in [-0.2, -0.15) is 0 Å². The molecule has 7 heteroatoms. The van der Waals surface area contributed by atoms with E-state index in [1.807, 2.05) is 0 Å². The molecule has 2 aromatic rings. The van der Waals surface area contributed by atoms with E-state index >= 15 is 0 Å². The van der Waals surface area contributed by atoms with Gasteiger partial charge in [-0.1, -0.05) is 24.9 Å². The number of anilines is 1. The Labute approximate surface area is 150 Å². The van der Waals surface area contributed by atoms with Crippen LogP contribution in [0.1, 0.15) is 40.6 Å². The fourth-order valence-electron chi connectivity index (χ4n) is 2.17. The molecule has 0 saturated heterocycles. The smallest absolute Gasteiger partial charge is 0.274 e. The Balaban J connectivity index is 2.13. The van der Waals surface area contributed by atoms with Crippen LogP contribution in [-0.2, 0) is 0 Å². The van der Waals surface area contributed by atoms with E-state index in [1.54, 1.807) is 18.0 Å². The summed E-state index contributed by atoms with van der Waals surface area (Å²) in [5.74, 6) is -1.25. The Morgan fingerprint density at radius 2 is 2.04 bits per heavy atom. The molecular formula is C18H19ClFN3O2. The molecular weight excluding hydrogens is 345 g/mol. The van der Waals surface area contributed by atoms with Gasteiger partial charge in [0.15, 0.2) is 0 Å². The molecule has 0 saturated carbocycles. The molecule has 1 N–H and O–H groups in total. The second-order valence-corrected chi connectivity index (χ2v) is 6.00. The van der Waals surface area contributed by atoms with E-state index in [2.05, 4.69) is 17.2 Å². The van der Waals surface area contributed by atoms with Gasteiger partial charge in [0.2, 0.25) is 0 Å². The Morgan fingerprint density at radius 3 is 2.72 bits per heavy atom. The largest absolute Gasteiger partial charge is 0.342 e. The molecule has 2 amide bonds. The van der Waals surface area contributed by atoms with Crippen molar-refractivity contribution in [1.82, 2.24) is 9.88 Å². The Hall–Kier alpha value is -2.47. The number of hydrogen-bond acceptors (Lipinski definition) is 3. The maximum atomic E-state index is 13.2. The lowest BCUT2D eigenvalue weighted by molar-refractivity contribution is 0.0793. The number of unbranched alkanes of at least 4 members (excludes halogenated alkanes) is 1. The molecule has 1 heterocycles. The van der Waals surface area contributed by atoms with Gasteiger partial charge in [0.05, 0.1) is 5.02 Å². The maximum Gasteiger partial charge on any atom is 0.274 e. The third-order valence-electron chi connectivity index (χ3n) is 3.61. The van der Waals surface area contributed by atoms with Crippen LogP contribution in [0.3, 0.4) is 0 Å². The number of amides is 2. The highest BCUT2D eigenvalue weighted by Gasteiger charge is 2.15. The van der Waals surface area contributed by atoms with Crippen LogP contribution in [0.4, 0.5) is 10.1 Å². The van der Waals surface area contributed by atoms with Crippen LogP contribution in [0.2, 0.25) is 5.02 Å². The molecule has 0 atom stereocenters. The lowest BCUT2D eigenvalue weighted by atomic mass is 10.2. The predicted molar refractivity (Wildman–Crippen MR) is 95.5 cm³/mol. The van der Waals surface area contributed by atoms with Gasteiger partial charge >= 0.3 is 0 Å². The average molecular weight is 364 g/mol. The molecule has 1 aromatic heterocycles. The summed E-state index contributed by atoms with van der Waals surface area (Å²) in [4.78, 5) is 30.3. The minimum Gasteiger partial charge on any atom is -0.342 e. The number of nitrogens with one attached hydrogen (secondary N) is 1. The monoisotopic (exact) mass is 363 g/mol. The number of aromatic nitrogens is 1. The van der Waals surface area contributed by atoms with E-state index in [0.29, 0.717) is 17.8 Å². The number of carbonyl (C=O) groups is 2. The number of benzene rings is 1. The highest BCUT2D eigenvalue weighted by atomic mass is 35.5. The van der Waals surface area contributed by atoms with E-state index in [1.165, 1.54) is 24.4 Å². The summed E-state index contributed by atoms with van der Waals surface area (Å²) in [5.41, 5.74) is 0.820. The van der Waals surface area contributed by atoms with Crippen molar-refractivity contribution in [3.8, 4) is 0 Å². The number of nitrogens with zero attached hydrogens (tertiary/aromatic N) is 2. The van der Waals surface area contributed by atoms with Gasteiger partial charge in [0, 0.05) is 31.0 Å². The normalized spacial score (nSPS) is 10.4. The van der Waals surface area contributed by atoms with E-state index < -0.39 is 11.7 Å². The Kier molecular flexibility index (Phi) is 6.47. The number of pyridine rings is 1. The van der Waals surface area contributed by atoms with Crippen LogP contribution >= 0.6 is 11.6 Å². The molecule has 0 fully saturated rings. The molecule has 0 aliphatic rings. The first kappa shape index (κ1) is 18.9. The lowest BCUT2D eigenvalue weighted by Crippen LogP contribution is -2.28. The fourth-order valence-corrected chi connectivity index (χ4v) is 2.35. The first-order valence-electron chi connectivity index (χ1n) is 7.90. The summed E-state index contributed by atoms with van der Waals surface area (Å²) in [6.07, 6.45) is 3.31. The zero-order valence-electron chi connectivity index (χ0n) is 14.1. The topological polar surface area (TPSA) is 62.3 Å². The van der Waals surface area contributed by atoms with Crippen molar-refractivity contribution < 1.29 is 14.0 Å². The minimum atomic E-state index is -0.569. The quantitative estimate of drug-likeness (QED) is 0.843. The third kappa shape index (κ3) is 5.00. The summed E-state index contributed by atoms with van der Waals surface area (Å²) in [6.45, 7) is 2.70. The van der Waals surface area contributed by atoms with Crippen molar-refractivity contribution in [2.75, 3.05) is 18.9 Å². The van der Waals surface area contributed by atoms with E-state index in [9.17, 15) is 14.0 Å². The zero-order valence-corrected chi connectivity index (χ0v) is 14.8. The van der Waals surface area contributed by atoms with Crippen LogP contribution < -0.4 is 5.32 Å². The number of rotatable bonds is 6. The first-order valence-corrected chi connectivity index (χ1v) is 8.28. The molecule has 25 heavy (non-hydrogen) atoms. The van der Waals surface area contributed by atoms with E-state index in [0.717, 1.165) is 18.9 Å². The van der Waals surface area contributed by atoms with Crippen molar-refractivity contribution in [2.24, 2.45) is 0 Å². The highest BCUT2D eigenvalue weighted by molar-refractivity contribution is 6.31. The second-order valence-electron chi connectivity index (χ2n) is 5.59. The molecule has 0 aliphatic heterocycles. The summed E-state index contributed by atoms with van der Waals surface area (Å²) in [5, 5.41) is 2.49. The number of halogens is 2. The second kappa shape index (κ2) is 8.58. The molecule has 0 spiro atoms. The van der Waals surface area contributed by atoms with Gasteiger partial charge in [0.1, 0.15) is 11.5 Å². The first-order chi connectivity index (χ1) is 11.9. The lowest BCUT2D eigenvalue weighted by Gasteiger charge is -2.16. The van der Waals surface area contributed by atoms with Gasteiger partial charge in [-0.3, -0.25) is 14.6 Å². The molecule has 0 aliphatic carbocycles. The number of hydrogen-bond donors (Lipinski definition) is 1. The summed E-state index contributed by atoms with van der Waals surface area (Å²) >= 11 is 5.69. The summed E-state index contributed by atoms with van der Waals surface area (Å²) in [6, 6.07) is 6.87. The Morgan fingerprint density at radius 1 is 1.28 bits per heavy atom. The SMILES string of the molecule is CCCCN(C)C(=O)c1ccnc(C(=O)Nc2ccc(F)c(Cl)c2)c1. The molecule has 1 aromatic carbocycles. The zero-order chi connectivity index (χ0) is 18.4. The molecule has 132 valence electrons. The van der Waals surface area contributed by atoms with Crippen LogP contribution in [0.25, 0.3) is 0 Å².